The summed E-state index contributed by atoms with van der Waals surface area (Å²) < 4.78 is 5.84. The minimum Gasteiger partial charge on any atom is -0.492 e. The fourth-order valence-electron chi connectivity index (χ4n) is 2.79. The van der Waals surface area contributed by atoms with E-state index in [4.69, 9.17) is 16.2 Å². The van der Waals surface area contributed by atoms with Gasteiger partial charge in [0.1, 0.15) is 5.75 Å². The van der Waals surface area contributed by atoms with Crippen molar-refractivity contribution in [3.05, 3.63) is 29.3 Å². The standard InChI is InChI=1S/C15H22N2O2/c1-10-5-6-13(15(17)18)14(7-10)19-9-12-4-2-3-11(12)8-16/h5-7,11-12H,2-4,8-9,16H2,1H3,(H2,17,18). The van der Waals surface area contributed by atoms with Crippen LogP contribution < -0.4 is 16.2 Å². The van der Waals surface area contributed by atoms with Crippen molar-refractivity contribution in [1.82, 2.24) is 0 Å². The third kappa shape index (κ3) is 3.26. The van der Waals surface area contributed by atoms with E-state index in [1.54, 1.807) is 6.07 Å². The van der Waals surface area contributed by atoms with Gasteiger partial charge in [0.25, 0.3) is 5.91 Å². The van der Waals surface area contributed by atoms with Crippen LogP contribution in [0.5, 0.6) is 5.75 Å². The van der Waals surface area contributed by atoms with Gasteiger partial charge in [-0.2, -0.15) is 0 Å². The van der Waals surface area contributed by atoms with E-state index < -0.39 is 5.91 Å². The van der Waals surface area contributed by atoms with Crippen LogP contribution in [0.4, 0.5) is 0 Å². The molecule has 0 bridgehead atoms. The quantitative estimate of drug-likeness (QED) is 0.850. The zero-order chi connectivity index (χ0) is 13.8. The summed E-state index contributed by atoms with van der Waals surface area (Å²) in [6.45, 7) is 3.30. The molecule has 0 heterocycles. The van der Waals surface area contributed by atoms with Crippen LogP contribution >= 0.6 is 0 Å². The van der Waals surface area contributed by atoms with Crippen molar-refractivity contribution in [2.45, 2.75) is 26.2 Å². The van der Waals surface area contributed by atoms with Gasteiger partial charge in [-0.25, -0.2) is 0 Å². The number of benzene rings is 1. The first-order valence-corrected chi connectivity index (χ1v) is 6.85. The molecule has 4 nitrogen and oxygen atoms in total. The fourth-order valence-corrected chi connectivity index (χ4v) is 2.79. The van der Waals surface area contributed by atoms with E-state index >= 15 is 0 Å². The third-order valence-corrected chi connectivity index (χ3v) is 3.97. The lowest BCUT2D eigenvalue weighted by molar-refractivity contribution is 0.0994. The molecule has 0 saturated heterocycles. The lowest BCUT2D eigenvalue weighted by Gasteiger charge is -2.19. The van der Waals surface area contributed by atoms with Crippen molar-refractivity contribution in [3.8, 4) is 5.75 Å². The molecule has 0 radical (unpaired) electrons. The molecule has 1 aromatic rings. The second-order valence-corrected chi connectivity index (χ2v) is 5.36. The number of amides is 1. The number of rotatable bonds is 5. The number of hydrogen-bond acceptors (Lipinski definition) is 3. The van der Waals surface area contributed by atoms with E-state index in [9.17, 15) is 4.79 Å². The first-order valence-electron chi connectivity index (χ1n) is 6.85. The first kappa shape index (κ1) is 13.9. The van der Waals surface area contributed by atoms with Crippen LogP contribution in [0.1, 0.15) is 35.2 Å². The highest BCUT2D eigenvalue weighted by atomic mass is 16.5. The maximum Gasteiger partial charge on any atom is 0.252 e. The molecule has 1 aliphatic rings. The zero-order valence-electron chi connectivity index (χ0n) is 11.4. The second kappa shape index (κ2) is 6.06. The van der Waals surface area contributed by atoms with Crippen LogP contribution in [0.25, 0.3) is 0 Å². The highest BCUT2D eigenvalue weighted by Gasteiger charge is 2.26. The Morgan fingerprint density at radius 1 is 1.37 bits per heavy atom. The van der Waals surface area contributed by atoms with E-state index in [-0.39, 0.29) is 0 Å². The molecular weight excluding hydrogens is 240 g/mol. The van der Waals surface area contributed by atoms with Crippen molar-refractivity contribution in [1.29, 1.82) is 0 Å². The lowest BCUT2D eigenvalue weighted by atomic mass is 9.97. The maximum atomic E-state index is 11.4. The van der Waals surface area contributed by atoms with Gasteiger partial charge in [-0.15, -0.1) is 0 Å². The Bertz CT molecular complexity index is 459. The van der Waals surface area contributed by atoms with Crippen LogP contribution in [0.3, 0.4) is 0 Å². The number of nitrogens with two attached hydrogens (primary N) is 2. The summed E-state index contributed by atoms with van der Waals surface area (Å²) in [6.07, 6.45) is 3.55. The van der Waals surface area contributed by atoms with Crippen molar-refractivity contribution in [2.24, 2.45) is 23.3 Å². The van der Waals surface area contributed by atoms with Crippen molar-refractivity contribution >= 4 is 5.91 Å². The van der Waals surface area contributed by atoms with E-state index in [1.165, 1.54) is 12.8 Å². The topological polar surface area (TPSA) is 78.3 Å². The number of primary amides is 1. The average molecular weight is 262 g/mol. The largest absolute Gasteiger partial charge is 0.492 e. The Morgan fingerprint density at radius 2 is 2.11 bits per heavy atom. The van der Waals surface area contributed by atoms with Gasteiger partial charge < -0.3 is 16.2 Å². The molecular formula is C15H22N2O2. The Kier molecular flexibility index (Phi) is 4.43. The van der Waals surface area contributed by atoms with Gasteiger partial charge in [0.2, 0.25) is 0 Å². The number of carbonyl (C=O) groups excluding carboxylic acids is 1. The van der Waals surface area contributed by atoms with Crippen LogP contribution in [-0.4, -0.2) is 19.1 Å². The minimum atomic E-state index is -0.447. The second-order valence-electron chi connectivity index (χ2n) is 5.36. The Balaban J connectivity index is 2.06. The molecule has 4 N–H and O–H groups in total. The maximum absolute atomic E-state index is 11.4. The van der Waals surface area contributed by atoms with Gasteiger partial charge in [-0.05, 0) is 55.8 Å². The van der Waals surface area contributed by atoms with Gasteiger partial charge in [0, 0.05) is 0 Å². The Hall–Kier alpha value is -1.55. The molecule has 1 fully saturated rings. The van der Waals surface area contributed by atoms with Crippen LogP contribution in [0.2, 0.25) is 0 Å². The number of carbonyl (C=O) groups is 1. The molecule has 19 heavy (non-hydrogen) atoms. The lowest BCUT2D eigenvalue weighted by Crippen LogP contribution is -2.24. The van der Waals surface area contributed by atoms with E-state index in [2.05, 4.69) is 0 Å². The van der Waals surface area contributed by atoms with E-state index in [0.29, 0.717) is 36.3 Å². The summed E-state index contributed by atoms with van der Waals surface area (Å²) in [5.74, 6) is 1.18. The first-order chi connectivity index (χ1) is 9.11. The number of ether oxygens (including phenoxy) is 1. The number of aryl methyl sites for hydroxylation is 1. The molecule has 1 saturated carbocycles. The van der Waals surface area contributed by atoms with Crippen LogP contribution in [0.15, 0.2) is 18.2 Å². The van der Waals surface area contributed by atoms with Gasteiger partial charge in [-0.1, -0.05) is 12.5 Å². The SMILES string of the molecule is Cc1ccc(C(N)=O)c(OCC2CCCC2CN)c1. The van der Waals surface area contributed by atoms with Gasteiger partial charge in [-0.3, -0.25) is 4.79 Å². The van der Waals surface area contributed by atoms with Crippen molar-refractivity contribution in [2.75, 3.05) is 13.2 Å². The molecule has 1 aliphatic carbocycles. The molecule has 0 aliphatic heterocycles. The van der Waals surface area contributed by atoms with Crippen molar-refractivity contribution < 1.29 is 9.53 Å². The summed E-state index contributed by atoms with van der Waals surface area (Å²) in [7, 11) is 0. The Labute approximate surface area is 114 Å². The van der Waals surface area contributed by atoms with E-state index in [0.717, 1.165) is 12.0 Å². The molecule has 2 atom stereocenters. The zero-order valence-corrected chi connectivity index (χ0v) is 11.4. The monoisotopic (exact) mass is 262 g/mol. The highest BCUT2D eigenvalue weighted by Crippen LogP contribution is 2.32. The fraction of sp³-hybridized carbons (Fsp3) is 0.533. The predicted octanol–water partition coefficient (Wildman–Crippen LogP) is 1.85. The smallest absolute Gasteiger partial charge is 0.252 e. The van der Waals surface area contributed by atoms with Crippen LogP contribution in [-0.2, 0) is 0 Å². The van der Waals surface area contributed by atoms with Crippen molar-refractivity contribution in [3.63, 3.8) is 0 Å². The van der Waals surface area contributed by atoms with Gasteiger partial charge in [0.05, 0.1) is 12.2 Å². The summed E-state index contributed by atoms with van der Waals surface area (Å²) in [4.78, 5) is 11.4. The molecule has 0 aromatic heterocycles. The van der Waals surface area contributed by atoms with Gasteiger partial charge in [0.15, 0.2) is 0 Å². The summed E-state index contributed by atoms with van der Waals surface area (Å²) >= 11 is 0. The normalized spacial score (nSPS) is 22.4. The molecule has 2 rings (SSSR count). The summed E-state index contributed by atoms with van der Waals surface area (Å²) in [5.41, 5.74) is 12.6. The molecule has 1 amide bonds. The van der Waals surface area contributed by atoms with Crippen LogP contribution in [0, 0.1) is 18.8 Å². The summed E-state index contributed by atoms with van der Waals surface area (Å²) in [5, 5.41) is 0. The molecule has 104 valence electrons. The molecule has 4 heteroatoms. The summed E-state index contributed by atoms with van der Waals surface area (Å²) in [6, 6.07) is 5.46. The Morgan fingerprint density at radius 3 is 2.79 bits per heavy atom. The molecule has 1 aromatic carbocycles. The van der Waals surface area contributed by atoms with Gasteiger partial charge >= 0.3 is 0 Å². The molecule has 0 spiro atoms. The molecule has 2 unspecified atom stereocenters. The van der Waals surface area contributed by atoms with E-state index in [1.807, 2.05) is 19.1 Å². The minimum absolute atomic E-state index is 0.447. The predicted molar refractivity (Wildman–Crippen MR) is 75.1 cm³/mol. The number of hydrogen-bond donors (Lipinski definition) is 2. The highest BCUT2D eigenvalue weighted by molar-refractivity contribution is 5.95. The third-order valence-electron chi connectivity index (χ3n) is 3.97. The average Bonchev–Trinajstić information content (AvgIpc) is 2.83.